The van der Waals surface area contributed by atoms with Crippen molar-refractivity contribution in [3.05, 3.63) is 0 Å². The summed E-state index contributed by atoms with van der Waals surface area (Å²) in [4.78, 5) is 11.1. The highest BCUT2D eigenvalue weighted by atomic mass is 16.7. The summed E-state index contributed by atoms with van der Waals surface area (Å²) in [6.07, 6.45) is 0.144. The highest BCUT2D eigenvalue weighted by Crippen LogP contribution is 2.06. The molecule has 1 heterocycles. The van der Waals surface area contributed by atoms with Gasteiger partial charge in [0, 0.05) is 6.54 Å². The van der Waals surface area contributed by atoms with Gasteiger partial charge in [0.2, 0.25) is 5.91 Å². The van der Waals surface area contributed by atoms with Crippen LogP contribution in [0.4, 0.5) is 0 Å². The first-order valence-corrected chi connectivity index (χ1v) is 4.20. The number of amides is 1. The van der Waals surface area contributed by atoms with Gasteiger partial charge in [-0.25, -0.2) is 0 Å². The molecule has 0 saturated carbocycles. The lowest BCUT2D eigenvalue weighted by molar-refractivity contribution is -0.129. The quantitative estimate of drug-likeness (QED) is 0.613. The number of hydrogen-bond donors (Lipinski definition) is 1. The number of nitrogens with one attached hydrogen (secondary N) is 1. The van der Waals surface area contributed by atoms with Gasteiger partial charge in [-0.05, 0) is 0 Å². The minimum atomic E-state index is -0.401. The molecule has 0 atom stereocenters. The molecular formula is C8H12N2O3. The molecule has 0 spiro atoms. The fourth-order valence-corrected chi connectivity index (χ4v) is 1.01. The van der Waals surface area contributed by atoms with E-state index in [1.165, 1.54) is 0 Å². The fourth-order valence-electron chi connectivity index (χ4n) is 1.01. The first-order valence-electron chi connectivity index (χ1n) is 4.20. The van der Waals surface area contributed by atoms with Crippen molar-refractivity contribution in [2.45, 2.75) is 19.1 Å². The third-order valence-corrected chi connectivity index (χ3v) is 1.60. The average Bonchev–Trinajstić information content (AvgIpc) is 2.57. The van der Waals surface area contributed by atoms with Gasteiger partial charge in [0.1, 0.15) is 0 Å². The smallest absolute Gasteiger partial charge is 0.225 e. The van der Waals surface area contributed by atoms with E-state index in [0.717, 1.165) is 0 Å². The van der Waals surface area contributed by atoms with E-state index < -0.39 is 6.29 Å². The van der Waals surface area contributed by atoms with E-state index in [1.54, 1.807) is 0 Å². The minimum Gasteiger partial charge on any atom is -0.355 e. The van der Waals surface area contributed by atoms with Crippen molar-refractivity contribution in [2.75, 3.05) is 19.8 Å². The molecule has 0 aliphatic carbocycles. The second-order valence-electron chi connectivity index (χ2n) is 2.63. The molecule has 1 aliphatic rings. The van der Waals surface area contributed by atoms with Crippen LogP contribution in [0.3, 0.4) is 0 Å². The van der Waals surface area contributed by atoms with E-state index in [2.05, 4.69) is 5.32 Å². The molecule has 0 aromatic rings. The normalized spacial score (nSPS) is 16.8. The van der Waals surface area contributed by atoms with Gasteiger partial charge in [-0.15, -0.1) is 0 Å². The first-order chi connectivity index (χ1) is 6.33. The van der Waals surface area contributed by atoms with Crippen LogP contribution in [-0.2, 0) is 14.3 Å². The lowest BCUT2D eigenvalue weighted by atomic mass is 10.3. The standard InChI is InChI=1S/C8H12N2O3/c9-2-1-3-10-7(11)6-8-12-4-5-13-8/h8H,1,3-6H2,(H,10,11). The van der Waals surface area contributed by atoms with Crippen LogP contribution in [0.15, 0.2) is 0 Å². The highest BCUT2D eigenvalue weighted by Gasteiger charge is 2.18. The Balaban J connectivity index is 2.07. The minimum absolute atomic E-state index is 0.137. The lowest BCUT2D eigenvalue weighted by Gasteiger charge is -2.07. The average molecular weight is 184 g/mol. The monoisotopic (exact) mass is 184 g/mol. The van der Waals surface area contributed by atoms with Gasteiger partial charge in [0.25, 0.3) is 0 Å². The summed E-state index contributed by atoms with van der Waals surface area (Å²) in [5.74, 6) is -0.137. The third kappa shape index (κ3) is 3.87. The lowest BCUT2D eigenvalue weighted by Crippen LogP contribution is -2.28. The Morgan fingerprint density at radius 1 is 1.54 bits per heavy atom. The van der Waals surface area contributed by atoms with Gasteiger partial charge < -0.3 is 14.8 Å². The van der Waals surface area contributed by atoms with Crippen molar-refractivity contribution in [3.8, 4) is 6.07 Å². The predicted molar refractivity (Wildman–Crippen MR) is 43.5 cm³/mol. The number of ether oxygens (including phenoxy) is 2. The maximum Gasteiger partial charge on any atom is 0.225 e. The molecule has 0 bridgehead atoms. The zero-order valence-electron chi connectivity index (χ0n) is 7.28. The maximum atomic E-state index is 11.1. The van der Waals surface area contributed by atoms with E-state index in [0.29, 0.717) is 26.2 Å². The van der Waals surface area contributed by atoms with Gasteiger partial charge in [0.15, 0.2) is 6.29 Å². The van der Waals surface area contributed by atoms with Gasteiger partial charge in [0.05, 0.1) is 32.1 Å². The third-order valence-electron chi connectivity index (χ3n) is 1.60. The van der Waals surface area contributed by atoms with Crippen molar-refractivity contribution in [1.29, 1.82) is 5.26 Å². The number of hydrogen-bond acceptors (Lipinski definition) is 4. The molecule has 72 valence electrons. The molecule has 1 rings (SSSR count). The predicted octanol–water partition coefficient (Wildman–Crippen LogP) is -0.221. The summed E-state index contributed by atoms with van der Waals surface area (Å²) in [6.45, 7) is 1.49. The van der Waals surface area contributed by atoms with E-state index in [9.17, 15) is 4.79 Å². The summed E-state index contributed by atoms with van der Waals surface area (Å²) in [5.41, 5.74) is 0. The Morgan fingerprint density at radius 3 is 2.85 bits per heavy atom. The van der Waals surface area contributed by atoms with Gasteiger partial charge in [-0.2, -0.15) is 5.26 Å². The Bertz CT molecular complexity index is 206. The highest BCUT2D eigenvalue weighted by molar-refractivity contribution is 5.76. The largest absolute Gasteiger partial charge is 0.355 e. The summed E-state index contributed by atoms with van der Waals surface area (Å²) in [5, 5.41) is 10.8. The van der Waals surface area contributed by atoms with Crippen LogP contribution < -0.4 is 5.32 Å². The van der Waals surface area contributed by atoms with E-state index >= 15 is 0 Å². The van der Waals surface area contributed by atoms with Crippen LogP contribution in [0.1, 0.15) is 12.8 Å². The van der Waals surface area contributed by atoms with E-state index in [-0.39, 0.29) is 12.3 Å². The molecule has 5 nitrogen and oxygen atoms in total. The van der Waals surface area contributed by atoms with E-state index in [4.69, 9.17) is 14.7 Å². The SMILES string of the molecule is N#CCCNC(=O)CC1OCCO1. The van der Waals surface area contributed by atoms with Crippen LogP contribution in [-0.4, -0.2) is 32.0 Å². The Labute approximate surface area is 76.6 Å². The summed E-state index contributed by atoms with van der Waals surface area (Å²) >= 11 is 0. The number of carbonyl (C=O) groups excluding carboxylic acids is 1. The van der Waals surface area contributed by atoms with E-state index in [1.807, 2.05) is 6.07 Å². The molecule has 0 unspecified atom stereocenters. The van der Waals surface area contributed by atoms with Crippen LogP contribution in [0.25, 0.3) is 0 Å². The molecule has 13 heavy (non-hydrogen) atoms. The molecule has 1 aliphatic heterocycles. The zero-order valence-corrected chi connectivity index (χ0v) is 7.28. The number of nitrogens with zero attached hydrogens (tertiary/aromatic N) is 1. The fraction of sp³-hybridized carbons (Fsp3) is 0.750. The Kier molecular flexibility index (Phi) is 4.23. The molecule has 0 aromatic heterocycles. The Hall–Kier alpha value is -1.12. The summed E-state index contributed by atoms with van der Waals surface area (Å²) in [7, 11) is 0. The topological polar surface area (TPSA) is 71.4 Å². The molecule has 1 fully saturated rings. The van der Waals surface area contributed by atoms with Crippen molar-refractivity contribution in [2.24, 2.45) is 0 Å². The van der Waals surface area contributed by atoms with Crippen molar-refractivity contribution in [1.82, 2.24) is 5.32 Å². The van der Waals surface area contributed by atoms with Crippen LogP contribution in [0.2, 0.25) is 0 Å². The molecule has 1 saturated heterocycles. The number of rotatable bonds is 4. The van der Waals surface area contributed by atoms with Crippen LogP contribution in [0.5, 0.6) is 0 Å². The van der Waals surface area contributed by atoms with Gasteiger partial charge >= 0.3 is 0 Å². The second-order valence-corrected chi connectivity index (χ2v) is 2.63. The first kappa shape index (κ1) is 9.96. The molecule has 0 radical (unpaired) electrons. The summed E-state index contributed by atoms with van der Waals surface area (Å²) < 4.78 is 10.2. The molecule has 0 aromatic carbocycles. The van der Waals surface area contributed by atoms with Crippen LogP contribution in [0, 0.1) is 11.3 Å². The molecule has 1 N–H and O–H groups in total. The summed E-state index contributed by atoms with van der Waals surface area (Å²) in [6, 6.07) is 1.94. The molecule has 1 amide bonds. The second kappa shape index (κ2) is 5.51. The van der Waals surface area contributed by atoms with Crippen LogP contribution >= 0.6 is 0 Å². The van der Waals surface area contributed by atoms with Crippen molar-refractivity contribution >= 4 is 5.91 Å². The van der Waals surface area contributed by atoms with Gasteiger partial charge in [-0.3, -0.25) is 4.79 Å². The molecule has 5 heteroatoms. The number of nitriles is 1. The number of carbonyl (C=O) groups is 1. The van der Waals surface area contributed by atoms with Gasteiger partial charge in [-0.1, -0.05) is 0 Å². The molecular weight excluding hydrogens is 172 g/mol. The Morgan fingerprint density at radius 2 is 2.23 bits per heavy atom. The maximum absolute atomic E-state index is 11.1. The van der Waals surface area contributed by atoms with Crippen molar-refractivity contribution in [3.63, 3.8) is 0 Å². The zero-order chi connectivity index (χ0) is 9.52. The van der Waals surface area contributed by atoms with Crippen molar-refractivity contribution < 1.29 is 14.3 Å².